The zero-order chi connectivity index (χ0) is 11.8. The second-order valence-electron chi connectivity index (χ2n) is 3.75. The second kappa shape index (κ2) is 3.62. The van der Waals surface area contributed by atoms with Crippen LogP contribution < -0.4 is 15.7 Å². The lowest BCUT2D eigenvalue weighted by Gasteiger charge is -2.20. The summed E-state index contributed by atoms with van der Waals surface area (Å²) < 4.78 is 7.20. The fourth-order valence-electron chi connectivity index (χ4n) is 1.77. The van der Waals surface area contributed by atoms with Gasteiger partial charge in [0.2, 0.25) is 0 Å². The molecule has 0 radical (unpaired) electrons. The molecule has 5 heteroatoms. The Labute approximate surface area is 97.7 Å². The van der Waals surface area contributed by atoms with Gasteiger partial charge in [-0.25, -0.2) is 4.79 Å². The van der Waals surface area contributed by atoms with Crippen LogP contribution in [0.1, 0.15) is 6.92 Å². The van der Waals surface area contributed by atoms with Gasteiger partial charge in [-0.3, -0.25) is 4.57 Å². The van der Waals surface area contributed by atoms with Crippen LogP contribution in [-0.4, -0.2) is 9.55 Å². The normalized spacial score (nSPS) is 12.1. The SMILES string of the molecule is CCn1cc2c(nc1=O)Nc1ccccc1O2. The number of para-hydroxylation sites is 2. The average Bonchev–Trinajstić information content (AvgIpc) is 2.35. The predicted octanol–water partition coefficient (Wildman–Crippen LogP) is 2.11. The lowest BCUT2D eigenvalue weighted by molar-refractivity contribution is 0.467. The molecule has 1 N–H and O–H groups in total. The summed E-state index contributed by atoms with van der Waals surface area (Å²) in [5, 5.41) is 3.08. The van der Waals surface area contributed by atoms with Gasteiger partial charge in [0.1, 0.15) is 0 Å². The van der Waals surface area contributed by atoms with Crippen molar-refractivity contribution in [2.45, 2.75) is 13.5 Å². The predicted molar refractivity (Wildman–Crippen MR) is 64.0 cm³/mol. The van der Waals surface area contributed by atoms with Gasteiger partial charge in [-0.2, -0.15) is 4.98 Å². The maximum atomic E-state index is 11.6. The van der Waals surface area contributed by atoms with Crippen LogP contribution in [0.4, 0.5) is 11.5 Å². The number of nitrogens with zero attached hydrogens (tertiary/aromatic N) is 2. The minimum absolute atomic E-state index is 0.276. The molecule has 0 saturated heterocycles. The molecule has 17 heavy (non-hydrogen) atoms. The number of nitrogens with one attached hydrogen (secondary N) is 1. The van der Waals surface area contributed by atoms with Crippen molar-refractivity contribution in [1.29, 1.82) is 0 Å². The minimum atomic E-state index is -0.276. The molecule has 2 aromatic rings. The van der Waals surface area contributed by atoms with Crippen LogP contribution in [-0.2, 0) is 6.54 Å². The van der Waals surface area contributed by atoms with Gasteiger partial charge in [0, 0.05) is 6.54 Å². The summed E-state index contributed by atoms with van der Waals surface area (Å²) in [5.74, 6) is 1.78. The van der Waals surface area contributed by atoms with Crippen LogP contribution in [0.2, 0.25) is 0 Å². The van der Waals surface area contributed by atoms with E-state index < -0.39 is 0 Å². The summed E-state index contributed by atoms with van der Waals surface area (Å²) in [4.78, 5) is 15.5. The van der Waals surface area contributed by atoms with Crippen molar-refractivity contribution in [3.8, 4) is 11.5 Å². The highest BCUT2D eigenvalue weighted by Gasteiger charge is 2.18. The molecule has 1 aromatic heterocycles. The van der Waals surface area contributed by atoms with Crippen LogP contribution in [0.5, 0.6) is 11.5 Å². The first-order valence-corrected chi connectivity index (χ1v) is 5.43. The molecule has 0 bridgehead atoms. The summed E-state index contributed by atoms with van der Waals surface area (Å²) >= 11 is 0. The Balaban J connectivity index is 2.12. The van der Waals surface area contributed by atoms with E-state index in [1.54, 1.807) is 6.20 Å². The Morgan fingerprint density at radius 3 is 3.00 bits per heavy atom. The maximum absolute atomic E-state index is 11.6. The molecule has 0 aliphatic carbocycles. The molecular weight excluding hydrogens is 218 g/mol. The topological polar surface area (TPSA) is 56.2 Å². The first kappa shape index (κ1) is 9.89. The summed E-state index contributed by atoms with van der Waals surface area (Å²) in [7, 11) is 0. The highest BCUT2D eigenvalue weighted by molar-refractivity contribution is 5.72. The van der Waals surface area contributed by atoms with Crippen molar-refractivity contribution in [1.82, 2.24) is 9.55 Å². The van der Waals surface area contributed by atoms with E-state index in [-0.39, 0.29) is 5.69 Å². The van der Waals surface area contributed by atoms with E-state index in [4.69, 9.17) is 4.74 Å². The van der Waals surface area contributed by atoms with E-state index in [1.807, 2.05) is 31.2 Å². The molecular formula is C12H11N3O2. The lowest BCUT2D eigenvalue weighted by Crippen LogP contribution is -2.23. The van der Waals surface area contributed by atoms with Crippen molar-refractivity contribution in [3.63, 3.8) is 0 Å². The highest BCUT2D eigenvalue weighted by atomic mass is 16.5. The van der Waals surface area contributed by atoms with Crippen molar-refractivity contribution in [3.05, 3.63) is 40.9 Å². The minimum Gasteiger partial charge on any atom is -0.450 e. The molecule has 0 atom stereocenters. The number of ether oxygens (including phenoxy) is 1. The van der Waals surface area contributed by atoms with Crippen molar-refractivity contribution >= 4 is 11.5 Å². The van der Waals surface area contributed by atoms with Gasteiger partial charge in [-0.1, -0.05) is 12.1 Å². The molecule has 1 aliphatic rings. The smallest absolute Gasteiger partial charge is 0.349 e. The number of anilines is 2. The zero-order valence-electron chi connectivity index (χ0n) is 9.30. The maximum Gasteiger partial charge on any atom is 0.349 e. The van der Waals surface area contributed by atoms with Crippen molar-refractivity contribution < 1.29 is 4.74 Å². The Morgan fingerprint density at radius 1 is 1.35 bits per heavy atom. The van der Waals surface area contributed by atoms with Crippen LogP contribution in [0.25, 0.3) is 0 Å². The van der Waals surface area contributed by atoms with Gasteiger partial charge >= 0.3 is 5.69 Å². The van der Waals surface area contributed by atoms with Gasteiger partial charge in [0.25, 0.3) is 0 Å². The standard InChI is InChI=1S/C12H11N3O2/c1-2-15-7-10-11(14-12(15)16)13-8-5-3-4-6-9(8)17-10/h3-7H,2H2,1H3,(H,13,14,16). The quantitative estimate of drug-likeness (QED) is 0.694. The molecule has 2 heterocycles. The fraction of sp³-hybridized carbons (Fsp3) is 0.167. The zero-order valence-corrected chi connectivity index (χ0v) is 9.30. The van der Waals surface area contributed by atoms with Crippen LogP contribution in [0.15, 0.2) is 35.3 Å². The van der Waals surface area contributed by atoms with Gasteiger partial charge in [-0.15, -0.1) is 0 Å². The Bertz CT molecular complexity index is 634. The van der Waals surface area contributed by atoms with E-state index in [2.05, 4.69) is 10.3 Å². The van der Waals surface area contributed by atoms with Gasteiger partial charge in [0.05, 0.1) is 11.9 Å². The third kappa shape index (κ3) is 1.56. The second-order valence-corrected chi connectivity index (χ2v) is 3.75. The summed E-state index contributed by atoms with van der Waals surface area (Å²) in [6.07, 6.45) is 1.67. The molecule has 0 spiro atoms. The summed E-state index contributed by atoms with van der Waals surface area (Å²) in [5.41, 5.74) is 0.544. The molecule has 1 aliphatic heterocycles. The van der Waals surface area contributed by atoms with E-state index in [0.29, 0.717) is 18.1 Å². The molecule has 5 nitrogen and oxygen atoms in total. The largest absolute Gasteiger partial charge is 0.450 e. The van der Waals surface area contributed by atoms with E-state index >= 15 is 0 Å². The summed E-state index contributed by atoms with van der Waals surface area (Å²) in [6, 6.07) is 7.54. The average molecular weight is 229 g/mol. The molecule has 1 aromatic carbocycles. The first-order chi connectivity index (χ1) is 8.28. The van der Waals surface area contributed by atoms with Crippen molar-refractivity contribution in [2.75, 3.05) is 5.32 Å². The molecule has 0 saturated carbocycles. The number of benzene rings is 1. The molecule has 0 fully saturated rings. The fourth-order valence-corrected chi connectivity index (χ4v) is 1.77. The molecule has 0 amide bonds. The monoisotopic (exact) mass is 229 g/mol. The third-order valence-electron chi connectivity index (χ3n) is 2.66. The van der Waals surface area contributed by atoms with Crippen LogP contribution in [0.3, 0.4) is 0 Å². The van der Waals surface area contributed by atoms with E-state index in [9.17, 15) is 4.79 Å². The molecule has 86 valence electrons. The van der Waals surface area contributed by atoms with E-state index in [0.717, 1.165) is 11.4 Å². The van der Waals surface area contributed by atoms with Crippen molar-refractivity contribution in [2.24, 2.45) is 0 Å². The van der Waals surface area contributed by atoms with Crippen LogP contribution >= 0.6 is 0 Å². The Morgan fingerprint density at radius 2 is 2.18 bits per heavy atom. The number of hydrogen-bond acceptors (Lipinski definition) is 4. The van der Waals surface area contributed by atoms with Gasteiger partial charge < -0.3 is 10.1 Å². The molecule has 3 rings (SSSR count). The van der Waals surface area contributed by atoms with Crippen LogP contribution in [0, 0.1) is 0 Å². The number of rotatable bonds is 1. The Kier molecular flexibility index (Phi) is 2.11. The first-order valence-electron chi connectivity index (χ1n) is 5.43. The van der Waals surface area contributed by atoms with E-state index in [1.165, 1.54) is 4.57 Å². The summed E-state index contributed by atoms with van der Waals surface area (Å²) in [6.45, 7) is 2.46. The number of aromatic nitrogens is 2. The van der Waals surface area contributed by atoms with Gasteiger partial charge in [-0.05, 0) is 19.1 Å². The lowest BCUT2D eigenvalue weighted by atomic mass is 10.2. The number of fused-ring (bicyclic) bond motifs is 2. The number of aryl methyl sites for hydroxylation is 1. The third-order valence-corrected chi connectivity index (χ3v) is 2.66. The molecule has 0 unspecified atom stereocenters. The van der Waals surface area contributed by atoms with Gasteiger partial charge in [0.15, 0.2) is 17.3 Å². The number of hydrogen-bond donors (Lipinski definition) is 1. The Hall–Kier alpha value is -2.30. The highest BCUT2D eigenvalue weighted by Crippen LogP contribution is 2.39.